The summed E-state index contributed by atoms with van der Waals surface area (Å²) in [5.74, 6) is -0.144. The maximum absolute atomic E-state index is 12.5. The Kier molecular flexibility index (Phi) is 8.82. The highest BCUT2D eigenvalue weighted by atomic mass is 32.2. The van der Waals surface area contributed by atoms with Gasteiger partial charge in [-0.1, -0.05) is 60.7 Å². The summed E-state index contributed by atoms with van der Waals surface area (Å²) >= 11 is 0. The Labute approximate surface area is 185 Å². The molecule has 1 saturated heterocycles. The number of carbonyl (C=O) groups is 1. The molecule has 0 radical (unpaired) electrons. The largest absolute Gasteiger partial charge is 0.377 e. The van der Waals surface area contributed by atoms with E-state index >= 15 is 0 Å². The topological polar surface area (TPSA) is 75.7 Å². The Morgan fingerprint density at radius 1 is 1.03 bits per heavy atom. The van der Waals surface area contributed by atoms with E-state index in [9.17, 15) is 13.2 Å². The van der Waals surface area contributed by atoms with Crippen LogP contribution in [-0.2, 0) is 26.2 Å². The van der Waals surface area contributed by atoms with Crippen LogP contribution < -0.4 is 5.32 Å². The van der Waals surface area contributed by atoms with Gasteiger partial charge in [0.05, 0.1) is 6.61 Å². The van der Waals surface area contributed by atoms with E-state index < -0.39 is 10.0 Å². The molecule has 0 spiro atoms. The van der Waals surface area contributed by atoms with Crippen molar-refractivity contribution in [2.45, 2.75) is 25.9 Å². The van der Waals surface area contributed by atoms with Crippen molar-refractivity contribution in [2.75, 3.05) is 26.2 Å². The van der Waals surface area contributed by atoms with Crippen LogP contribution in [0.1, 0.15) is 30.4 Å². The van der Waals surface area contributed by atoms with Gasteiger partial charge in [0, 0.05) is 37.6 Å². The van der Waals surface area contributed by atoms with E-state index in [0.29, 0.717) is 45.7 Å². The van der Waals surface area contributed by atoms with Gasteiger partial charge in [0.25, 0.3) is 0 Å². The summed E-state index contributed by atoms with van der Waals surface area (Å²) in [7, 11) is -3.48. The molecule has 0 aliphatic carbocycles. The minimum atomic E-state index is -3.48. The van der Waals surface area contributed by atoms with Crippen molar-refractivity contribution in [3.8, 4) is 0 Å². The number of rotatable bonds is 10. The zero-order valence-corrected chi connectivity index (χ0v) is 18.5. The van der Waals surface area contributed by atoms with Crippen LogP contribution in [0.2, 0.25) is 0 Å². The summed E-state index contributed by atoms with van der Waals surface area (Å²) in [6.07, 6.45) is 3.42. The molecule has 0 aromatic heterocycles. The molecular formula is C24H30N2O4S. The molecule has 1 amide bonds. The van der Waals surface area contributed by atoms with Gasteiger partial charge in [-0.05, 0) is 36.5 Å². The molecule has 1 heterocycles. The molecule has 1 aliphatic rings. The molecule has 0 bridgehead atoms. The molecule has 1 fully saturated rings. The van der Waals surface area contributed by atoms with Gasteiger partial charge in [-0.3, -0.25) is 4.79 Å². The van der Waals surface area contributed by atoms with E-state index in [1.165, 1.54) is 9.71 Å². The Morgan fingerprint density at radius 2 is 1.68 bits per heavy atom. The fourth-order valence-electron chi connectivity index (χ4n) is 3.48. The minimum absolute atomic E-state index is 0.0000602. The molecule has 7 heteroatoms. The predicted octanol–water partition coefficient (Wildman–Crippen LogP) is 3.42. The van der Waals surface area contributed by atoms with Crippen molar-refractivity contribution in [2.24, 2.45) is 5.92 Å². The molecule has 31 heavy (non-hydrogen) atoms. The van der Waals surface area contributed by atoms with E-state index in [4.69, 9.17) is 4.74 Å². The molecule has 0 unspecified atom stereocenters. The zero-order chi connectivity index (χ0) is 21.9. The van der Waals surface area contributed by atoms with E-state index in [1.807, 2.05) is 60.7 Å². The molecule has 6 nitrogen and oxygen atoms in total. The van der Waals surface area contributed by atoms with E-state index in [1.54, 1.807) is 6.08 Å². The number of amides is 1. The number of hydrogen-bond donors (Lipinski definition) is 1. The van der Waals surface area contributed by atoms with Gasteiger partial charge in [0.1, 0.15) is 0 Å². The monoisotopic (exact) mass is 442 g/mol. The third-order valence-corrected chi connectivity index (χ3v) is 6.86. The summed E-state index contributed by atoms with van der Waals surface area (Å²) in [4.78, 5) is 12.4. The molecule has 3 rings (SSSR count). The molecule has 1 aliphatic heterocycles. The van der Waals surface area contributed by atoms with Gasteiger partial charge in [-0.25, -0.2) is 8.42 Å². The maximum Gasteiger partial charge on any atom is 0.236 e. The van der Waals surface area contributed by atoms with Gasteiger partial charge in [-0.15, -0.1) is 0 Å². The van der Waals surface area contributed by atoms with E-state index in [0.717, 1.165) is 17.5 Å². The Hall–Kier alpha value is -2.48. The number of carbonyl (C=O) groups excluding carboxylic acids is 1. The lowest BCUT2D eigenvalue weighted by molar-refractivity contribution is -0.126. The summed E-state index contributed by atoms with van der Waals surface area (Å²) in [6, 6.07) is 19.3. The Morgan fingerprint density at radius 3 is 2.35 bits per heavy atom. The highest BCUT2D eigenvalue weighted by Crippen LogP contribution is 2.21. The first-order chi connectivity index (χ1) is 15.0. The van der Waals surface area contributed by atoms with Crippen molar-refractivity contribution in [1.29, 1.82) is 0 Å². The number of ether oxygens (including phenoxy) is 1. The van der Waals surface area contributed by atoms with Gasteiger partial charge in [0.15, 0.2) is 0 Å². The van der Waals surface area contributed by atoms with Crippen LogP contribution in [0, 0.1) is 5.92 Å². The first-order valence-corrected chi connectivity index (χ1v) is 12.2. The van der Waals surface area contributed by atoms with Gasteiger partial charge < -0.3 is 10.1 Å². The summed E-state index contributed by atoms with van der Waals surface area (Å²) < 4.78 is 32.1. The molecule has 2 aromatic rings. The van der Waals surface area contributed by atoms with Crippen LogP contribution >= 0.6 is 0 Å². The lowest BCUT2D eigenvalue weighted by Crippen LogP contribution is -2.42. The molecule has 0 atom stereocenters. The third-order valence-electron chi connectivity index (χ3n) is 5.29. The van der Waals surface area contributed by atoms with Gasteiger partial charge in [0.2, 0.25) is 15.9 Å². The first-order valence-electron chi connectivity index (χ1n) is 10.7. The number of nitrogens with one attached hydrogen (secondary N) is 1. The van der Waals surface area contributed by atoms with Crippen molar-refractivity contribution < 1.29 is 17.9 Å². The van der Waals surface area contributed by atoms with Crippen LogP contribution in [-0.4, -0.2) is 44.9 Å². The van der Waals surface area contributed by atoms with Gasteiger partial charge >= 0.3 is 0 Å². The van der Waals surface area contributed by atoms with Crippen LogP contribution in [0.5, 0.6) is 0 Å². The first kappa shape index (κ1) is 23.2. The zero-order valence-electron chi connectivity index (χ0n) is 17.7. The normalized spacial score (nSPS) is 15.9. The number of sulfonamides is 1. The predicted molar refractivity (Wildman–Crippen MR) is 122 cm³/mol. The number of benzene rings is 2. The van der Waals surface area contributed by atoms with Crippen molar-refractivity contribution in [1.82, 2.24) is 9.62 Å². The van der Waals surface area contributed by atoms with Gasteiger partial charge in [-0.2, -0.15) is 4.31 Å². The standard InChI is InChI=1S/C24H30N2O4S/c27-24(25-15-7-18-30-20-22-10-5-2-6-11-22)23-12-16-26(17-13-23)31(28,29)19-14-21-8-3-1-4-9-21/h1-6,8-11,14,19,23H,7,12-13,15-18,20H2,(H,25,27)/b19-14+. The van der Waals surface area contributed by atoms with Crippen molar-refractivity contribution >= 4 is 22.0 Å². The molecule has 166 valence electrons. The van der Waals surface area contributed by atoms with Crippen molar-refractivity contribution in [3.05, 3.63) is 77.2 Å². The second kappa shape index (κ2) is 11.8. The number of hydrogen-bond acceptors (Lipinski definition) is 4. The lowest BCUT2D eigenvalue weighted by Gasteiger charge is -2.29. The minimum Gasteiger partial charge on any atom is -0.377 e. The molecule has 1 N–H and O–H groups in total. The maximum atomic E-state index is 12.5. The highest BCUT2D eigenvalue weighted by Gasteiger charge is 2.29. The molecule has 2 aromatic carbocycles. The van der Waals surface area contributed by atoms with E-state index in [2.05, 4.69) is 5.32 Å². The molecule has 0 saturated carbocycles. The van der Waals surface area contributed by atoms with Crippen molar-refractivity contribution in [3.63, 3.8) is 0 Å². The lowest BCUT2D eigenvalue weighted by atomic mass is 9.97. The average Bonchev–Trinajstić information content (AvgIpc) is 2.81. The van der Waals surface area contributed by atoms with E-state index in [-0.39, 0.29) is 11.8 Å². The van der Waals surface area contributed by atoms with Crippen LogP contribution in [0.15, 0.2) is 66.1 Å². The highest BCUT2D eigenvalue weighted by molar-refractivity contribution is 7.92. The number of piperidine rings is 1. The average molecular weight is 443 g/mol. The second-order valence-electron chi connectivity index (χ2n) is 7.61. The van der Waals surface area contributed by atoms with Crippen LogP contribution in [0.25, 0.3) is 6.08 Å². The second-order valence-corrected chi connectivity index (χ2v) is 9.43. The SMILES string of the molecule is O=C(NCCCOCc1ccccc1)C1CCN(S(=O)(=O)/C=C/c2ccccc2)CC1. The Balaban J connectivity index is 1.33. The number of nitrogens with zero attached hydrogens (tertiary/aromatic N) is 1. The molecular weight excluding hydrogens is 412 g/mol. The van der Waals surface area contributed by atoms with Crippen LogP contribution in [0.3, 0.4) is 0 Å². The fourth-order valence-corrected chi connectivity index (χ4v) is 4.70. The fraction of sp³-hybridized carbons (Fsp3) is 0.375. The van der Waals surface area contributed by atoms with Crippen LogP contribution in [0.4, 0.5) is 0 Å². The Bertz CT molecular complexity index is 938. The summed E-state index contributed by atoms with van der Waals surface area (Å²) in [5, 5.41) is 4.20. The quantitative estimate of drug-likeness (QED) is 0.572. The summed E-state index contributed by atoms with van der Waals surface area (Å²) in [6.45, 7) is 2.44. The smallest absolute Gasteiger partial charge is 0.236 e. The summed E-state index contributed by atoms with van der Waals surface area (Å²) in [5.41, 5.74) is 1.97. The third kappa shape index (κ3) is 7.61.